The summed E-state index contributed by atoms with van der Waals surface area (Å²) in [5.41, 5.74) is 1.10. The van der Waals surface area contributed by atoms with Gasteiger partial charge in [-0.05, 0) is 62.3 Å². The number of carboxylic acids is 1. The molecule has 4 amide bonds. The fourth-order valence-electron chi connectivity index (χ4n) is 7.05. The molecule has 0 aromatic heterocycles. The van der Waals surface area contributed by atoms with E-state index < -0.39 is 42.3 Å². The predicted molar refractivity (Wildman–Crippen MR) is 258 cm³/mol. The zero-order valence-electron chi connectivity index (χ0n) is 42.5. The molecule has 400 valence electrons. The normalized spacial score (nSPS) is 21.5. The third kappa shape index (κ3) is 25.4. The molecule has 0 saturated carbocycles. The Morgan fingerprint density at radius 1 is 0.843 bits per heavy atom. The van der Waals surface area contributed by atoms with Crippen LogP contribution in [0.25, 0.3) is 0 Å². The number of carboxylic acid groups (broad SMARTS) is 1. The van der Waals surface area contributed by atoms with Crippen molar-refractivity contribution in [1.29, 1.82) is 0 Å². The number of amides is 4. The van der Waals surface area contributed by atoms with Gasteiger partial charge in [-0.1, -0.05) is 54.5 Å². The number of carbonyl (C=O) groups excluding carboxylic acids is 6. The van der Waals surface area contributed by atoms with Crippen molar-refractivity contribution >= 4 is 41.9 Å². The second kappa shape index (κ2) is 36.2. The molecular weight excluding hydrogens is 915 g/mol. The maximum atomic E-state index is 12.8. The maximum Gasteiger partial charge on any atom is 0.333 e. The first-order chi connectivity index (χ1) is 33.4. The lowest BCUT2D eigenvalue weighted by molar-refractivity contribution is -0.195. The van der Waals surface area contributed by atoms with E-state index in [9.17, 15) is 43.8 Å². The minimum Gasteiger partial charge on any atom is -0.479 e. The summed E-state index contributed by atoms with van der Waals surface area (Å²) >= 11 is 0. The molecule has 3 aliphatic rings. The molecule has 0 aliphatic carbocycles. The average molecular weight is 998 g/mol. The number of unbranched alkanes of at least 4 members (excludes halogenated alkanes) is 1. The number of likely N-dealkylation sites (N-methyl/N-ethyl adjacent to an activating group) is 1. The smallest absolute Gasteiger partial charge is 0.333 e. The van der Waals surface area contributed by atoms with Gasteiger partial charge in [-0.15, -0.1) is 0 Å². The Hall–Kier alpha value is -4.77. The number of fused-ring (bicyclic) bond motifs is 1. The van der Waals surface area contributed by atoms with Crippen molar-refractivity contribution in [2.45, 2.75) is 181 Å². The molecule has 3 heterocycles. The highest BCUT2D eigenvalue weighted by molar-refractivity contribution is 5.88. The van der Waals surface area contributed by atoms with Gasteiger partial charge in [0.2, 0.25) is 29.9 Å². The lowest BCUT2D eigenvalue weighted by Gasteiger charge is -2.31. The third-order valence-electron chi connectivity index (χ3n) is 11.0. The first-order valence-corrected chi connectivity index (χ1v) is 24.6. The van der Waals surface area contributed by atoms with E-state index in [0.717, 1.165) is 12.7 Å². The number of esters is 1. The monoisotopic (exact) mass is 998 g/mol. The quantitative estimate of drug-likeness (QED) is 0.0365. The number of ether oxygens (including phenoxy) is 5. The van der Waals surface area contributed by atoms with E-state index in [0.29, 0.717) is 55.6 Å². The number of rotatable bonds is 26. The molecule has 1 aromatic rings. The summed E-state index contributed by atoms with van der Waals surface area (Å²) in [7, 11) is 1.87. The van der Waals surface area contributed by atoms with Crippen molar-refractivity contribution in [3.63, 3.8) is 0 Å². The molecule has 3 saturated heterocycles. The number of benzene rings is 1. The van der Waals surface area contributed by atoms with Gasteiger partial charge in [0.1, 0.15) is 36.9 Å². The summed E-state index contributed by atoms with van der Waals surface area (Å²) in [6.07, 6.45) is 0.552. The summed E-state index contributed by atoms with van der Waals surface area (Å²) < 4.78 is 27.8. The minimum atomic E-state index is -1.24. The molecule has 21 heteroatoms. The van der Waals surface area contributed by atoms with Crippen molar-refractivity contribution in [3.05, 3.63) is 29.3 Å². The molecule has 9 N–H and O–H groups in total. The number of nitrogens with one attached hydrogen (secondary N) is 5. The molecule has 0 spiro atoms. The first-order valence-electron chi connectivity index (χ1n) is 24.6. The fourth-order valence-corrected chi connectivity index (χ4v) is 7.05. The summed E-state index contributed by atoms with van der Waals surface area (Å²) in [5.74, 6) is -1.62. The maximum absolute atomic E-state index is 12.8. The van der Waals surface area contributed by atoms with Crippen LogP contribution in [0, 0.1) is 11.8 Å². The van der Waals surface area contributed by atoms with Gasteiger partial charge in [0, 0.05) is 70.2 Å². The van der Waals surface area contributed by atoms with Crippen molar-refractivity contribution in [2.75, 3.05) is 40.0 Å². The van der Waals surface area contributed by atoms with E-state index in [1.165, 1.54) is 0 Å². The van der Waals surface area contributed by atoms with Crippen LogP contribution in [0.15, 0.2) is 18.2 Å². The molecule has 8 atom stereocenters. The van der Waals surface area contributed by atoms with Crippen LogP contribution in [0.2, 0.25) is 0 Å². The zero-order valence-corrected chi connectivity index (χ0v) is 42.5. The van der Waals surface area contributed by atoms with Crippen LogP contribution in [0.4, 0.5) is 0 Å². The highest BCUT2D eigenvalue weighted by atomic mass is 16.7. The van der Waals surface area contributed by atoms with Crippen molar-refractivity contribution in [1.82, 2.24) is 26.6 Å². The van der Waals surface area contributed by atoms with Gasteiger partial charge in [0.25, 0.3) is 0 Å². The second-order valence-electron chi connectivity index (χ2n) is 17.6. The van der Waals surface area contributed by atoms with Crippen LogP contribution in [0.3, 0.4) is 0 Å². The number of hydrogen-bond donors (Lipinski definition) is 9. The summed E-state index contributed by atoms with van der Waals surface area (Å²) in [6.45, 7) is 15.1. The van der Waals surface area contributed by atoms with Gasteiger partial charge in [-0.25, -0.2) is 4.79 Å². The average Bonchev–Trinajstić information content (AvgIpc) is 3.93. The molecule has 70 heavy (non-hydrogen) atoms. The number of carbonyl (C=O) groups is 7. The van der Waals surface area contributed by atoms with Crippen LogP contribution >= 0.6 is 0 Å². The van der Waals surface area contributed by atoms with Gasteiger partial charge in [-0.3, -0.25) is 24.0 Å². The standard InChI is InChI=1S/C32H47N3O11.C10H18N2O4.C5H12O.C2H6/c1-4-29(40)44-19-21-9-10-25(45-30-17-23(37)16-26(46-30)32(42)43)22(15-21)18-34-27(38)12-13-33-31(41)24(7-5-6-14-36)35-28(39)11-8-20(2)3;1-11-6-4-15-10-7(5-16-9(6)10)12-8(14)2-3-13;1-5(2)3-4-6;1-2/h9-10,14-15,20,23-24,26,30,37H,4-8,11-13,16-19H2,1-3H3,(H,33,41)(H,34,38)(H,35,39)(H,42,43);6-7,9-11,13H,2-5H2,1H3,(H,12,14);5-6H,3-4H2,1-2H3;1-2H3. The minimum absolute atomic E-state index is 0.00252. The molecule has 0 radical (unpaired) electrons. The Bertz CT molecular complexity index is 1720. The summed E-state index contributed by atoms with van der Waals surface area (Å²) in [5, 5.41) is 50.4. The lowest BCUT2D eigenvalue weighted by Crippen LogP contribution is -2.47. The molecule has 3 fully saturated rings. The predicted octanol–water partition coefficient (Wildman–Crippen LogP) is 2.17. The number of hydrogen-bond acceptors (Lipinski definition) is 16. The second-order valence-corrected chi connectivity index (χ2v) is 17.6. The Morgan fingerprint density at radius 2 is 1.51 bits per heavy atom. The topological polar surface area (TPSA) is 307 Å². The Labute approximate surface area is 413 Å². The molecule has 1 aromatic carbocycles. The Balaban J connectivity index is 0.000000828. The summed E-state index contributed by atoms with van der Waals surface area (Å²) in [6, 6.07) is 4.18. The van der Waals surface area contributed by atoms with E-state index in [1.807, 2.05) is 34.7 Å². The van der Waals surface area contributed by atoms with Crippen LogP contribution in [0.1, 0.15) is 130 Å². The highest BCUT2D eigenvalue weighted by Crippen LogP contribution is 2.28. The van der Waals surface area contributed by atoms with Crippen LogP contribution in [0.5, 0.6) is 5.75 Å². The molecule has 8 unspecified atom stereocenters. The highest BCUT2D eigenvalue weighted by Gasteiger charge is 2.47. The number of aliphatic hydroxyl groups is 3. The summed E-state index contributed by atoms with van der Waals surface area (Å²) in [4.78, 5) is 83.0. The van der Waals surface area contributed by atoms with E-state index in [2.05, 4.69) is 40.4 Å². The van der Waals surface area contributed by atoms with E-state index in [4.69, 9.17) is 33.9 Å². The molecule has 21 nitrogen and oxygen atoms in total. The van der Waals surface area contributed by atoms with E-state index >= 15 is 0 Å². The number of aliphatic carboxylic acids is 1. The molecule has 3 aliphatic heterocycles. The van der Waals surface area contributed by atoms with Crippen molar-refractivity contribution < 1.29 is 77.7 Å². The first kappa shape index (κ1) is 63.2. The van der Waals surface area contributed by atoms with Gasteiger partial charge < -0.3 is 75.5 Å². The molecule has 4 rings (SSSR count). The van der Waals surface area contributed by atoms with Crippen molar-refractivity contribution in [2.24, 2.45) is 11.8 Å². The van der Waals surface area contributed by atoms with Crippen LogP contribution in [-0.4, -0.2) is 151 Å². The Morgan fingerprint density at radius 3 is 2.10 bits per heavy atom. The van der Waals surface area contributed by atoms with E-state index in [1.54, 1.807) is 25.1 Å². The SMILES string of the molecule is CC.CC(C)CCO.CCC(=O)OCc1ccc(OC2CC(O)CC(C(=O)O)O2)c(CNC(=O)CCNC(=O)C(CCCC=O)NC(=O)CCC(C)C)c1.CNC1COC2C(NC(=O)CCO)COC12. The Kier molecular flexibility index (Phi) is 32.7. The van der Waals surface area contributed by atoms with Crippen LogP contribution < -0.4 is 31.3 Å². The van der Waals surface area contributed by atoms with Gasteiger partial charge in [0.15, 0.2) is 6.10 Å². The van der Waals surface area contributed by atoms with Crippen LogP contribution in [-0.2, 0) is 65.7 Å². The van der Waals surface area contributed by atoms with E-state index in [-0.39, 0.29) is 125 Å². The number of aldehydes is 1. The van der Waals surface area contributed by atoms with Gasteiger partial charge in [0.05, 0.1) is 38.0 Å². The molecule has 0 bridgehead atoms. The van der Waals surface area contributed by atoms with Crippen molar-refractivity contribution in [3.8, 4) is 5.75 Å². The molecular formula is C49H83N5O16. The largest absolute Gasteiger partial charge is 0.479 e. The third-order valence-corrected chi connectivity index (χ3v) is 11.0. The fraction of sp³-hybridized carbons (Fsp3) is 0.735. The number of aliphatic hydroxyl groups excluding tert-OH is 3. The van der Waals surface area contributed by atoms with Gasteiger partial charge >= 0.3 is 11.9 Å². The van der Waals surface area contributed by atoms with Gasteiger partial charge in [-0.2, -0.15) is 0 Å². The lowest BCUT2D eigenvalue weighted by atomic mass is 10.1. The zero-order chi connectivity index (χ0) is 52.6.